The van der Waals surface area contributed by atoms with Crippen LogP contribution < -0.4 is 0 Å². The highest BCUT2D eigenvalue weighted by Gasteiger charge is 2.12. The zero-order chi connectivity index (χ0) is 14.7. The van der Waals surface area contributed by atoms with Gasteiger partial charge in [-0.2, -0.15) is 0 Å². The minimum Gasteiger partial charge on any atom is -0.449 e. The maximum absolute atomic E-state index is 11.7. The summed E-state index contributed by atoms with van der Waals surface area (Å²) < 4.78 is 10.5. The quantitative estimate of drug-likeness (QED) is 0.544. The van der Waals surface area contributed by atoms with Crippen LogP contribution in [-0.2, 0) is 4.74 Å². The number of pyridine rings is 1. The van der Waals surface area contributed by atoms with E-state index in [1.54, 1.807) is 36.7 Å². The van der Waals surface area contributed by atoms with Gasteiger partial charge in [-0.15, -0.1) is 6.42 Å². The van der Waals surface area contributed by atoms with Gasteiger partial charge in [0.25, 0.3) is 0 Å². The molecule has 2 heterocycles. The van der Waals surface area contributed by atoms with Crippen molar-refractivity contribution in [3.05, 3.63) is 48.3 Å². The molecule has 3 rings (SSSR count). The third-order valence-electron chi connectivity index (χ3n) is 2.82. The number of oxazole rings is 1. The van der Waals surface area contributed by atoms with Crippen molar-refractivity contribution in [1.29, 1.82) is 0 Å². The molecule has 5 nitrogen and oxygen atoms in total. The average Bonchev–Trinajstić information content (AvgIpc) is 2.96. The number of terminal acetylenes is 1. The van der Waals surface area contributed by atoms with Crippen molar-refractivity contribution in [3.8, 4) is 23.8 Å². The van der Waals surface area contributed by atoms with Crippen LogP contribution in [0.2, 0.25) is 0 Å². The summed E-state index contributed by atoms with van der Waals surface area (Å²) >= 11 is 0. The van der Waals surface area contributed by atoms with Crippen LogP contribution in [0.3, 0.4) is 0 Å². The Hall–Kier alpha value is -3.13. The van der Waals surface area contributed by atoms with E-state index in [2.05, 4.69) is 15.9 Å². The Morgan fingerprint density at radius 2 is 2.29 bits per heavy atom. The average molecular weight is 278 g/mol. The van der Waals surface area contributed by atoms with Crippen LogP contribution in [0.25, 0.3) is 22.6 Å². The topological polar surface area (TPSA) is 65.2 Å². The zero-order valence-corrected chi connectivity index (χ0v) is 10.9. The summed E-state index contributed by atoms with van der Waals surface area (Å²) in [6, 6.07) is 8.54. The monoisotopic (exact) mass is 278 g/mol. The molecule has 0 unspecified atom stereocenters. The molecule has 0 atom stereocenters. The maximum atomic E-state index is 11.7. The van der Waals surface area contributed by atoms with Gasteiger partial charge in [-0.3, -0.25) is 4.98 Å². The number of hydrogen-bond acceptors (Lipinski definition) is 5. The van der Waals surface area contributed by atoms with Gasteiger partial charge in [0, 0.05) is 12.4 Å². The number of rotatable bonds is 3. The van der Waals surface area contributed by atoms with Gasteiger partial charge >= 0.3 is 5.97 Å². The molecule has 3 aromatic rings. The molecule has 21 heavy (non-hydrogen) atoms. The molecule has 2 aromatic heterocycles. The first-order valence-electron chi connectivity index (χ1n) is 6.19. The molecule has 102 valence electrons. The molecule has 0 aliphatic heterocycles. The normalized spacial score (nSPS) is 10.2. The Labute approximate surface area is 120 Å². The maximum Gasteiger partial charge on any atom is 0.339 e. The van der Waals surface area contributed by atoms with Gasteiger partial charge in [-0.05, 0) is 30.3 Å². The van der Waals surface area contributed by atoms with Crippen molar-refractivity contribution in [1.82, 2.24) is 9.97 Å². The highest BCUT2D eigenvalue weighted by atomic mass is 16.5. The van der Waals surface area contributed by atoms with Crippen LogP contribution >= 0.6 is 0 Å². The van der Waals surface area contributed by atoms with Crippen LogP contribution in [0.15, 0.2) is 47.1 Å². The summed E-state index contributed by atoms with van der Waals surface area (Å²) in [4.78, 5) is 20.1. The van der Waals surface area contributed by atoms with Gasteiger partial charge in [0.15, 0.2) is 12.2 Å². The Kier molecular flexibility index (Phi) is 3.36. The molecule has 0 aliphatic rings. The van der Waals surface area contributed by atoms with Gasteiger partial charge < -0.3 is 9.15 Å². The SMILES string of the molecule is C#CCOC(=O)c1ccc2oc(-c3cccnc3)nc2c1. The molecule has 0 aliphatic carbocycles. The number of fused-ring (bicyclic) bond motifs is 1. The number of aromatic nitrogens is 2. The predicted octanol–water partition coefficient (Wildman–Crippen LogP) is 2.68. The third-order valence-corrected chi connectivity index (χ3v) is 2.82. The number of hydrogen-bond donors (Lipinski definition) is 0. The summed E-state index contributed by atoms with van der Waals surface area (Å²) in [5, 5.41) is 0. The van der Waals surface area contributed by atoms with E-state index in [-0.39, 0.29) is 6.61 Å². The van der Waals surface area contributed by atoms with Crippen LogP contribution in [0.5, 0.6) is 0 Å². The van der Waals surface area contributed by atoms with E-state index in [4.69, 9.17) is 15.6 Å². The van der Waals surface area contributed by atoms with Gasteiger partial charge in [-0.25, -0.2) is 9.78 Å². The lowest BCUT2D eigenvalue weighted by molar-refractivity contribution is 0.0557. The highest BCUT2D eigenvalue weighted by Crippen LogP contribution is 2.24. The van der Waals surface area contributed by atoms with Crippen molar-refractivity contribution in [2.75, 3.05) is 6.61 Å². The number of ether oxygens (including phenoxy) is 1. The zero-order valence-electron chi connectivity index (χ0n) is 10.9. The fourth-order valence-corrected chi connectivity index (χ4v) is 1.86. The van der Waals surface area contributed by atoms with E-state index >= 15 is 0 Å². The van der Waals surface area contributed by atoms with E-state index < -0.39 is 5.97 Å². The number of benzene rings is 1. The first kappa shape index (κ1) is 12.9. The Morgan fingerprint density at radius 3 is 3.05 bits per heavy atom. The number of esters is 1. The van der Waals surface area contributed by atoms with E-state index in [0.29, 0.717) is 22.6 Å². The largest absolute Gasteiger partial charge is 0.449 e. The molecule has 1 aromatic carbocycles. The van der Waals surface area contributed by atoms with Gasteiger partial charge in [0.05, 0.1) is 11.1 Å². The molecule has 0 saturated heterocycles. The number of carbonyl (C=O) groups excluding carboxylic acids is 1. The smallest absolute Gasteiger partial charge is 0.339 e. The summed E-state index contributed by atoms with van der Waals surface area (Å²) in [5.74, 6) is 2.21. The molecule has 0 bridgehead atoms. The second kappa shape index (κ2) is 5.47. The first-order chi connectivity index (χ1) is 10.3. The van der Waals surface area contributed by atoms with Crippen molar-refractivity contribution >= 4 is 17.1 Å². The van der Waals surface area contributed by atoms with Crippen molar-refractivity contribution in [3.63, 3.8) is 0 Å². The molecule has 0 spiro atoms. The molecule has 0 N–H and O–H groups in total. The van der Waals surface area contributed by atoms with Gasteiger partial charge in [0.2, 0.25) is 5.89 Å². The van der Waals surface area contributed by atoms with Crippen LogP contribution in [-0.4, -0.2) is 22.5 Å². The van der Waals surface area contributed by atoms with Crippen molar-refractivity contribution in [2.24, 2.45) is 0 Å². The summed E-state index contributed by atoms with van der Waals surface area (Å²) in [7, 11) is 0. The van der Waals surface area contributed by atoms with Crippen LogP contribution in [0.1, 0.15) is 10.4 Å². The third kappa shape index (κ3) is 2.60. The Balaban J connectivity index is 1.96. The number of carbonyl (C=O) groups is 1. The lowest BCUT2D eigenvalue weighted by atomic mass is 10.2. The molecule has 0 fully saturated rings. The van der Waals surface area contributed by atoms with Gasteiger partial charge in [0.1, 0.15) is 5.52 Å². The molecular weight excluding hydrogens is 268 g/mol. The lowest BCUT2D eigenvalue weighted by Gasteiger charge is -1.99. The lowest BCUT2D eigenvalue weighted by Crippen LogP contribution is -2.04. The predicted molar refractivity (Wildman–Crippen MR) is 76.4 cm³/mol. The summed E-state index contributed by atoms with van der Waals surface area (Å²) in [6.07, 6.45) is 8.38. The van der Waals surface area contributed by atoms with Crippen molar-refractivity contribution in [2.45, 2.75) is 0 Å². The Bertz CT molecular complexity index is 832. The standard InChI is InChI=1S/C16H10N2O3/c1-2-8-20-16(19)11-5-6-14-13(9-11)18-15(21-14)12-4-3-7-17-10-12/h1,3-7,9-10H,8H2. The van der Waals surface area contributed by atoms with Crippen LogP contribution in [0, 0.1) is 12.3 Å². The summed E-state index contributed by atoms with van der Waals surface area (Å²) in [6.45, 7) is -0.0589. The number of nitrogens with zero attached hydrogens (tertiary/aromatic N) is 2. The van der Waals surface area contributed by atoms with E-state index in [1.165, 1.54) is 0 Å². The van der Waals surface area contributed by atoms with E-state index in [9.17, 15) is 4.79 Å². The molecule has 0 radical (unpaired) electrons. The molecule has 0 amide bonds. The molecular formula is C16H10N2O3. The fraction of sp³-hybridized carbons (Fsp3) is 0.0625. The minimum atomic E-state index is -0.485. The molecule has 0 saturated carbocycles. The highest BCUT2D eigenvalue weighted by molar-refractivity contribution is 5.93. The Morgan fingerprint density at radius 1 is 1.38 bits per heavy atom. The first-order valence-corrected chi connectivity index (χ1v) is 6.19. The second-order valence-electron chi connectivity index (χ2n) is 4.22. The van der Waals surface area contributed by atoms with Crippen LogP contribution in [0.4, 0.5) is 0 Å². The molecule has 5 heteroatoms. The minimum absolute atomic E-state index is 0.0589. The van der Waals surface area contributed by atoms with Gasteiger partial charge in [-0.1, -0.05) is 5.92 Å². The fourth-order valence-electron chi connectivity index (χ4n) is 1.86. The summed E-state index contributed by atoms with van der Waals surface area (Å²) in [5.41, 5.74) is 2.31. The van der Waals surface area contributed by atoms with E-state index in [0.717, 1.165) is 5.56 Å². The second-order valence-corrected chi connectivity index (χ2v) is 4.22. The van der Waals surface area contributed by atoms with Crippen molar-refractivity contribution < 1.29 is 13.9 Å². The van der Waals surface area contributed by atoms with E-state index in [1.807, 2.05) is 6.07 Å².